The minimum absolute atomic E-state index is 0.0324. The lowest BCUT2D eigenvalue weighted by Crippen LogP contribution is -2.35. The quantitative estimate of drug-likeness (QED) is 0.764. The molecule has 0 radical (unpaired) electrons. The molecule has 136 valence electrons. The third kappa shape index (κ3) is 3.92. The van der Waals surface area contributed by atoms with Gasteiger partial charge in [-0.15, -0.1) is 11.3 Å². The average Bonchev–Trinajstić information content (AvgIpc) is 3.22. The normalized spacial score (nSPS) is 15.6. The molecular weight excluding hydrogens is 344 g/mol. The van der Waals surface area contributed by atoms with Gasteiger partial charge in [0.2, 0.25) is 0 Å². The highest BCUT2D eigenvalue weighted by Crippen LogP contribution is 2.34. The van der Waals surface area contributed by atoms with Gasteiger partial charge < -0.3 is 4.90 Å². The lowest BCUT2D eigenvalue weighted by Gasteiger charge is -2.26. The Morgan fingerprint density at radius 1 is 1.28 bits per heavy atom. The zero-order valence-corrected chi connectivity index (χ0v) is 15.4. The molecule has 0 aromatic carbocycles. The molecule has 1 fully saturated rings. The van der Waals surface area contributed by atoms with Crippen molar-refractivity contribution in [3.05, 3.63) is 28.8 Å². The third-order valence-corrected chi connectivity index (χ3v) is 5.47. The summed E-state index contributed by atoms with van der Waals surface area (Å²) in [6.07, 6.45) is 3.98. The maximum absolute atomic E-state index is 13.8. The molecule has 2 aromatic rings. The SMILES string of the molecule is CCCn1nc(-c2ccc(C(=O)N3CCCCC3)s2)cc1C(C)(F)F. The van der Waals surface area contributed by atoms with Crippen molar-refractivity contribution in [2.24, 2.45) is 0 Å². The Bertz CT molecular complexity index is 742. The number of hydrogen-bond acceptors (Lipinski definition) is 3. The number of halogens is 2. The van der Waals surface area contributed by atoms with E-state index in [0.717, 1.165) is 44.2 Å². The predicted octanol–water partition coefficient (Wildman–Crippen LogP) is 4.76. The van der Waals surface area contributed by atoms with Crippen molar-refractivity contribution in [2.75, 3.05) is 13.1 Å². The molecule has 1 saturated heterocycles. The van der Waals surface area contributed by atoms with Crippen molar-refractivity contribution in [3.8, 4) is 10.6 Å². The van der Waals surface area contributed by atoms with Crippen molar-refractivity contribution >= 4 is 17.2 Å². The summed E-state index contributed by atoms with van der Waals surface area (Å²) in [5, 5.41) is 4.34. The van der Waals surface area contributed by atoms with Gasteiger partial charge in [0, 0.05) is 26.6 Å². The van der Waals surface area contributed by atoms with Gasteiger partial charge in [-0.05, 0) is 43.9 Å². The molecule has 3 heterocycles. The van der Waals surface area contributed by atoms with E-state index in [-0.39, 0.29) is 11.6 Å². The highest BCUT2D eigenvalue weighted by Gasteiger charge is 2.30. The average molecular weight is 367 g/mol. The Morgan fingerprint density at radius 3 is 2.64 bits per heavy atom. The van der Waals surface area contributed by atoms with E-state index in [2.05, 4.69) is 5.10 Å². The summed E-state index contributed by atoms with van der Waals surface area (Å²) in [6, 6.07) is 5.02. The van der Waals surface area contributed by atoms with Gasteiger partial charge in [-0.1, -0.05) is 6.92 Å². The lowest BCUT2D eigenvalue weighted by atomic mass is 10.1. The van der Waals surface area contributed by atoms with E-state index in [4.69, 9.17) is 0 Å². The van der Waals surface area contributed by atoms with Crippen LogP contribution >= 0.6 is 11.3 Å². The zero-order chi connectivity index (χ0) is 18.0. The van der Waals surface area contributed by atoms with Gasteiger partial charge in [-0.25, -0.2) is 0 Å². The van der Waals surface area contributed by atoms with Crippen LogP contribution in [0.4, 0.5) is 8.78 Å². The number of hydrogen-bond donors (Lipinski definition) is 0. The molecule has 7 heteroatoms. The van der Waals surface area contributed by atoms with Crippen LogP contribution in [0, 0.1) is 0 Å². The second kappa shape index (κ2) is 7.23. The van der Waals surface area contributed by atoms with Crippen LogP contribution in [0.3, 0.4) is 0 Å². The maximum atomic E-state index is 13.8. The topological polar surface area (TPSA) is 38.1 Å². The molecule has 0 N–H and O–H groups in total. The molecule has 2 aromatic heterocycles. The third-order valence-electron chi connectivity index (χ3n) is 4.38. The molecule has 0 aliphatic carbocycles. The number of nitrogens with zero attached hydrogens (tertiary/aromatic N) is 3. The van der Waals surface area contributed by atoms with Crippen molar-refractivity contribution in [2.45, 2.75) is 52.0 Å². The first-order valence-electron chi connectivity index (χ1n) is 8.75. The monoisotopic (exact) mass is 367 g/mol. The summed E-state index contributed by atoms with van der Waals surface area (Å²) in [7, 11) is 0. The fraction of sp³-hybridized carbons (Fsp3) is 0.556. The van der Waals surface area contributed by atoms with Gasteiger partial charge >= 0.3 is 0 Å². The molecule has 0 saturated carbocycles. The fourth-order valence-corrected chi connectivity index (χ4v) is 4.05. The van der Waals surface area contributed by atoms with Crippen molar-refractivity contribution in [1.82, 2.24) is 14.7 Å². The first kappa shape index (κ1) is 18.0. The Morgan fingerprint density at radius 2 is 2.00 bits per heavy atom. The van der Waals surface area contributed by atoms with Crippen LogP contribution in [0.5, 0.6) is 0 Å². The molecular formula is C18H23F2N3OS. The fourth-order valence-electron chi connectivity index (χ4n) is 3.12. The summed E-state index contributed by atoms with van der Waals surface area (Å²) in [5.41, 5.74) is 0.425. The second-order valence-corrected chi connectivity index (χ2v) is 7.63. The second-order valence-electron chi connectivity index (χ2n) is 6.54. The first-order valence-corrected chi connectivity index (χ1v) is 9.57. The van der Waals surface area contributed by atoms with Crippen molar-refractivity contribution in [3.63, 3.8) is 0 Å². The molecule has 4 nitrogen and oxygen atoms in total. The molecule has 0 bridgehead atoms. The Labute approximate surface area is 150 Å². The maximum Gasteiger partial charge on any atom is 0.286 e. The van der Waals surface area contributed by atoms with E-state index in [1.54, 1.807) is 12.1 Å². The molecule has 25 heavy (non-hydrogen) atoms. The van der Waals surface area contributed by atoms with Gasteiger partial charge in [0.1, 0.15) is 11.4 Å². The molecule has 1 aliphatic heterocycles. The van der Waals surface area contributed by atoms with E-state index in [1.807, 2.05) is 11.8 Å². The van der Waals surface area contributed by atoms with Gasteiger partial charge in [-0.3, -0.25) is 9.48 Å². The first-order chi connectivity index (χ1) is 11.9. The van der Waals surface area contributed by atoms with Crippen LogP contribution in [0.2, 0.25) is 0 Å². The van der Waals surface area contributed by atoms with Crippen LogP contribution < -0.4 is 0 Å². The number of alkyl halides is 2. The number of aryl methyl sites for hydroxylation is 1. The van der Waals surface area contributed by atoms with Gasteiger partial charge in [0.05, 0.1) is 9.75 Å². The number of likely N-dealkylation sites (tertiary alicyclic amines) is 1. The highest BCUT2D eigenvalue weighted by molar-refractivity contribution is 7.17. The van der Waals surface area contributed by atoms with E-state index in [1.165, 1.54) is 28.5 Å². The van der Waals surface area contributed by atoms with Crippen LogP contribution in [0.25, 0.3) is 10.6 Å². The zero-order valence-electron chi connectivity index (χ0n) is 14.6. The minimum Gasteiger partial charge on any atom is -0.338 e. The van der Waals surface area contributed by atoms with Crippen LogP contribution in [-0.4, -0.2) is 33.7 Å². The smallest absolute Gasteiger partial charge is 0.286 e. The predicted molar refractivity (Wildman–Crippen MR) is 95.2 cm³/mol. The van der Waals surface area contributed by atoms with Crippen LogP contribution in [0.1, 0.15) is 54.9 Å². The van der Waals surface area contributed by atoms with Gasteiger partial charge in [0.15, 0.2) is 0 Å². The molecule has 0 atom stereocenters. The number of amides is 1. The number of piperidine rings is 1. The highest BCUT2D eigenvalue weighted by atomic mass is 32.1. The Kier molecular flexibility index (Phi) is 5.22. The molecule has 0 unspecified atom stereocenters. The number of thiophene rings is 1. The molecule has 3 rings (SSSR count). The Balaban J connectivity index is 1.85. The minimum atomic E-state index is -2.94. The summed E-state index contributed by atoms with van der Waals surface area (Å²) < 4.78 is 29.0. The molecule has 0 spiro atoms. The van der Waals surface area contributed by atoms with E-state index in [9.17, 15) is 13.6 Å². The largest absolute Gasteiger partial charge is 0.338 e. The number of rotatable bonds is 5. The van der Waals surface area contributed by atoms with Gasteiger partial charge in [0.25, 0.3) is 11.8 Å². The summed E-state index contributed by atoms with van der Waals surface area (Å²) >= 11 is 1.33. The Hall–Kier alpha value is -1.76. The number of carbonyl (C=O) groups excluding carboxylic acids is 1. The van der Waals surface area contributed by atoms with E-state index >= 15 is 0 Å². The lowest BCUT2D eigenvalue weighted by molar-refractivity contribution is 0.00770. The molecule has 1 amide bonds. The standard InChI is InChI=1S/C18H23F2N3OS/c1-3-9-23-16(18(2,19)20)12-13(21-23)14-7-8-15(25-14)17(24)22-10-5-4-6-11-22/h7-8,12H,3-6,9-11H2,1-2H3. The van der Waals surface area contributed by atoms with Crippen LogP contribution in [0.15, 0.2) is 18.2 Å². The number of aromatic nitrogens is 2. The van der Waals surface area contributed by atoms with Crippen LogP contribution in [-0.2, 0) is 12.5 Å². The number of carbonyl (C=O) groups is 1. The molecule has 1 aliphatic rings. The summed E-state index contributed by atoms with van der Waals surface area (Å²) in [5.74, 6) is -2.91. The van der Waals surface area contributed by atoms with Crippen molar-refractivity contribution < 1.29 is 13.6 Å². The summed E-state index contributed by atoms with van der Waals surface area (Å²) in [6.45, 7) is 4.86. The summed E-state index contributed by atoms with van der Waals surface area (Å²) in [4.78, 5) is 15.8. The van der Waals surface area contributed by atoms with Gasteiger partial charge in [-0.2, -0.15) is 13.9 Å². The van der Waals surface area contributed by atoms with E-state index in [0.29, 0.717) is 17.1 Å². The van der Waals surface area contributed by atoms with E-state index < -0.39 is 5.92 Å². The van der Waals surface area contributed by atoms with Crippen molar-refractivity contribution in [1.29, 1.82) is 0 Å².